The van der Waals surface area contributed by atoms with Crippen LogP contribution in [-0.4, -0.2) is 0 Å². The number of halogens is 2. The quantitative estimate of drug-likeness (QED) is 0.876. The van der Waals surface area contributed by atoms with Crippen molar-refractivity contribution in [1.29, 1.82) is 0 Å². The maximum absolute atomic E-state index is 13.1. The van der Waals surface area contributed by atoms with Gasteiger partial charge in [-0.3, -0.25) is 0 Å². The zero-order valence-corrected chi connectivity index (χ0v) is 10.1. The minimum absolute atomic E-state index is 0.209. The molecule has 0 saturated carbocycles. The number of thiophene rings is 1. The Labute approximate surface area is 103 Å². The van der Waals surface area contributed by atoms with Crippen molar-refractivity contribution in [2.75, 3.05) is 0 Å². The third-order valence-electron chi connectivity index (χ3n) is 2.23. The smallest absolute Gasteiger partial charge is 0.142 e. The first-order valence-electron chi connectivity index (χ1n) is 4.93. The van der Waals surface area contributed by atoms with E-state index in [4.69, 9.17) is 11.6 Å². The summed E-state index contributed by atoms with van der Waals surface area (Å²) in [6.07, 6.45) is 0. The van der Waals surface area contributed by atoms with E-state index >= 15 is 0 Å². The van der Waals surface area contributed by atoms with Crippen LogP contribution in [0.15, 0.2) is 35.7 Å². The minimum Gasteiger partial charge on any atom is -0.308 e. The Hall–Kier alpha value is -0.900. The van der Waals surface area contributed by atoms with Gasteiger partial charge in [-0.05, 0) is 23.1 Å². The molecule has 0 fully saturated rings. The second-order valence-corrected chi connectivity index (χ2v) is 4.81. The van der Waals surface area contributed by atoms with Gasteiger partial charge in [0, 0.05) is 18.0 Å². The Morgan fingerprint density at radius 1 is 1.19 bits per heavy atom. The molecule has 0 bridgehead atoms. The van der Waals surface area contributed by atoms with Crippen molar-refractivity contribution in [2.45, 2.75) is 13.1 Å². The van der Waals surface area contributed by atoms with E-state index in [0.29, 0.717) is 6.54 Å². The van der Waals surface area contributed by atoms with Gasteiger partial charge < -0.3 is 5.32 Å². The van der Waals surface area contributed by atoms with Gasteiger partial charge in [-0.25, -0.2) is 4.39 Å². The van der Waals surface area contributed by atoms with Gasteiger partial charge in [0.1, 0.15) is 5.82 Å². The molecule has 1 N–H and O–H groups in total. The van der Waals surface area contributed by atoms with Crippen LogP contribution in [0.3, 0.4) is 0 Å². The highest BCUT2D eigenvalue weighted by Crippen LogP contribution is 2.19. The largest absolute Gasteiger partial charge is 0.308 e. The number of rotatable bonds is 4. The molecule has 0 radical (unpaired) electrons. The molecule has 0 unspecified atom stereocenters. The van der Waals surface area contributed by atoms with Crippen LogP contribution in [0.5, 0.6) is 0 Å². The molecule has 1 heterocycles. The van der Waals surface area contributed by atoms with E-state index in [0.717, 1.165) is 12.1 Å². The normalized spacial score (nSPS) is 10.6. The van der Waals surface area contributed by atoms with Gasteiger partial charge in [0.25, 0.3) is 0 Å². The molecule has 0 saturated heterocycles. The summed E-state index contributed by atoms with van der Waals surface area (Å²) in [5.41, 5.74) is 0.790. The number of benzene rings is 1. The van der Waals surface area contributed by atoms with E-state index in [2.05, 4.69) is 11.4 Å². The van der Waals surface area contributed by atoms with Crippen LogP contribution >= 0.6 is 22.9 Å². The van der Waals surface area contributed by atoms with Gasteiger partial charge in [0.2, 0.25) is 0 Å². The highest BCUT2D eigenvalue weighted by atomic mass is 35.5. The predicted molar refractivity (Wildman–Crippen MR) is 66.3 cm³/mol. The summed E-state index contributed by atoms with van der Waals surface area (Å²) < 4.78 is 13.1. The molecule has 2 rings (SSSR count). The van der Waals surface area contributed by atoms with E-state index < -0.39 is 0 Å². The molecular formula is C12H11ClFNS. The zero-order chi connectivity index (χ0) is 11.4. The monoisotopic (exact) mass is 255 g/mol. The summed E-state index contributed by atoms with van der Waals surface area (Å²) in [5, 5.41) is 5.47. The topological polar surface area (TPSA) is 12.0 Å². The summed E-state index contributed by atoms with van der Waals surface area (Å²) in [7, 11) is 0. The standard InChI is InChI=1S/C12H11ClFNS/c13-12-9(3-1-5-11(12)14)7-15-8-10-4-2-6-16-10/h1-6,15H,7-8H2. The molecule has 0 atom stereocenters. The van der Waals surface area contributed by atoms with E-state index in [1.54, 1.807) is 17.4 Å². The van der Waals surface area contributed by atoms with Crippen LogP contribution < -0.4 is 5.32 Å². The maximum Gasteiger partial charge on any atom is 0.142 e. The molecular weight excluding hydrogens is 245 g/mol. The van der Waals surface area contributed by atoms with Crippen LogP contribution in [0.4, 0.5) is 4.39 Å². The van der Waals surface area contributed by atoms with Crippen LogP contribution in [0.1, 0.15) is 10.4 Å². The third-order valence-corrected chi connectivity index (χ3v) is 3.53. The van der Waals surface area contributed by atoms with Gasteiger partial charge in [0.15, 0.2) is 0 Å². The molecule has 1 aromatic carbocycles. The minimum atomic E-state index is -0.364. The summed E-state index contributed by atoms with van der Waals surface area (Å²) in [6.45, 7) is 1.36. The molecule has 2 aromatic rings. The van der Waals surface area contributed by atoms with Crippen molar-refractivity contribution in [3.63, 3.8) is 0 Å². The summed E-state index contributed by atoms with van der Waals surface area (Å²) >= 11 is 7.54. The second-order valence-electron chi connectivity index (χ2n) is 3.40. The number of hydrogen-bond donors (Lipinski definition) is 1. The lowest BCUT2D eigenvalue weighted by Gasteiger charge is -2.06. The van der Waals surface area contributed by atoms with E-state index in [1.165, 1.54) is 10.9 Å². The molecule has 0 aliphatic rings. The van der Waals surface area contributed by atoms with Crippen molar-refractivity contribution in [1.82, 2.24) is 5.32 Å². The van der Waals surface area contributed by atoms with E-state index in [9.17, 15) is 4.39 Å². The van der Waals surface area contributed by atoms with Gasteiger partial charge >= 0.3 is 0 Å². The van der Waals surface area contributed by atoms with Gasteiger partial charge in [-0.2, -0.15) is 0 Å². The van der Waals surface area contributed by atoms with Crippen LogP contribution in [0.25, 0.3) is 0 Å². The first kappa shape index (κ1) is 11.6. The summed E-state index contributed by atoms with van der Waals surface area (Å²) in [5.74, 6) is -0.364. The number of nitrogens with one attached hydrogen (secondary N) is 1. The first-order valence-corrected chi connectivity index (χ1v) is 6.19. The molecule has 0 spiro atoms. The average molecular weight is 256 g/mol. The molecule has 4 heteroatoms. The van der Waals surface area contributed by atoms with Gasteiger partial charge in [0.05, 0.1) is 5.02 Å². The Morgan fingerprint density at radius 2 is 2.06 bits per heavy atom. The molecule has 1 nitrogen and oxygen atoms in total. The molecule has 1 aromatic heterocycles. The Kier molecular flexibility index (Phi) is 3.93. The van der Waals surface area contributed by atoms with Gasteiger partial charge in [-0.1, -0.05) is 29.8 Å². The van der Waals surface area contributed by atoms with Crippen LogP contribution in [-0.2, 0) is 13.1 Å². The fourth-order valence-electron chi connectivity index (χ4n) is 1.42. The second kappa shape index (κ2) is 5.43. The molecule has 0 amide bonds. The lowest BCUT2D eigenvalue weighted by atomic mass is 10.2. The molecule has 0 aliphatic heterocycles. The summed E-state index contributed by atoms with van der Waals surface area (Å²) in [6, 6.07) is 8.93. The van der Waals surface area contributed by atoms with Crippen molar-refractivity contribution >= 4 is 22.9 Å². The predicted octanol–water partition coefficient (Wildman–Crippen LogP) is 3.83. The third kappa shape index (κ3) is 2.82. The number of hydrogen-bond acceptors (Lipinski definition) is 2. The Bertz CT molecular complexity index is 456. The molecule has 84 valence electrons. The lowest BCUT2D eigenvalue weighted by molar-refractivity contribution is 0.621. The molecule has 16 heavy (non-hydrogen) atoms. The van der Waals surface area contributed by atoms with Crippen molar-refractivity contribution in [3.05, 3.63) is 57.0 Å². The Balaban J connectivity index is 1.92. The lowest BCUT2D eigenvalue weighted by Crippen LogP contribution is -2.12. The highest BCUT2D eigenvalue weighted by Gasteiger charge is 2.04. The fraction of sp³-hybridized carbons (Fsp3) is 0.167. The van der Waals surface area contributed by atoms with Crippen molar-refractivity contribution < 1.29 is 4.39 Å². The first-order chi connectivity index (χ1) is 7.77. The molecule has 0 aliphatic carbocycles. The van der Waals surface area contributed by atoms with E-state index in [1.807, 2.05) is 17.5 Å². The summed E-state index contributed by atoms with van der Waals surface area (Å²) in [4.78, 5) is 1.26. The van der Waals surface area contributed by atoms with E-state index in [-0.39, 0.29) is 10.8 Å². The van der Waals surface area contributed by atoms with Gasteiger partial charge in [-0.15, -0.1) is 11.3 Å². The van der Waals surface area contributed by atoms with Crippen LogP contribution in [0.2, 0.25) is 5.02 Å². The van der Waals surface area contributed by atoms with Crippen molar-refractivity contribution in [2.24, 2.45) is 0 Å². The zero-order valence-electron chi connectivity index (χ0n) is 8.54. The maximum atomic E-state index is 13.1. The SMILES string of the molecule is Fc1cccc(CNCc2cccs2)c1Cl. The highest BCUT2D eigenvalue weighted by molar-refractivity contribution is 7.09. The average Bonchev–Trinajstić information content (AvgIpc) is 2.77. The van der Waals surface area contributed by atoms with Crippen LogP contribution in [0, 0.1) is 5.82 Å². The van der Waals surface area contributed by atoms with Crippen molar-refractivity contribution in [3.8, 4) is 0 Å². The fourth-order valence-corrected chi connectivity index (χ4v) is 2.29. The Morgan fingerprint density at radius 3 is 2.81 bits per heavy atom.